The van der Waals surface area contributed by atoms with Crippen molar-refractivity contribution in [1.29, 1.82) is 0 Å². The number of hydrogen-bond donors (Lipinski definition) is 0. The van der Waals surface area contributed by atoms with Gasteiger partial charge in [0.2, 0.25) is 0 Å². The van der Waals surface area contributed by atoms with E-state index in [1.807, 2.05) is 0 Å². The van der Waals surface area contributed by atoms with Crippen LogP contribution in [0.25, 0.3) is 0 Å². The average Bonchev–Trinajstić information content (AvgIpc) is 1.88. The van der Waals surface area contributed by atoms with Crippen LogP contribution in [0.15, 0.2) is 24.3 Å². The fraction of sp³-hybridized carbons (Fsp3) is 0. The van der Waals surface area contributed by atoms with Gasteiger partial charge in [0, 0.05) is 29.2 Å². The minimum atomic E-state index is -0.431. The van der Waals surface area contributed by atoms with Crippen LogP contribution in [-0.4, -0.2) is 4.92 Å². The van der Waals surface area contributed by atoms with Crippen molar-refractivity contribution in [2.75, 3.05) is 0 Å². The Balaban J connectivity index is 0.000001000. The summed E-state index contributed by atoms with van der Waals surface area (Å²) in [5, 5.41) is 10.1. The smallest absolute Gasteiger partial charge is 0.258 e. The molecule has 0 spiro atoms. The van der Waals surface area contributed by atoms with E-state index in [0.717, 1.165) is 5.56 Å². The van der Waals surface area contributed by atoms with Crippen molar-refractivity contribution in [3.05, 3.63) is 46.9 Å². The molecule has 1 rings (SSSR count). The van der Waals surface area contributed by atoms with Gasteiger partial charge in [-0.3, -0.25) is 10.1 Å². The molecule has 0 saturated heterocycles. The Morgan fingerprint density at radius 2 is 1.73 bits per heavy atom. The van der Waals surface area contributed by atoms with Gasteiger partial charge in [-0.05, 0) is 12.5 Å². The molecule has 0 amide bonds. The summed E-state index contributed by atoms with van der Waals surface area (Å²) in [6.07, 6.45) is 0. The summed E-state index contributed by atoms with van der Waals surface area (Å²) >= 11 is 0. The van der Waals surface area contributed by atoms with E-state index in [4.69, 9.17) is 0 Å². The van der Waals surface area contributed by atoms with Gasteiger partial charge in [0.25, 0.3) is 5.69 Å². The molecule has 0 aliphatic carbocycles. The summed E-state index contributed by atoms with van der Waals surface area (Å²) in [5.74, 6) is 0. The van der Waals surface area contributed by atoms with Gasteiger partial charge < -0.3 is 0 Å². The van der Waals surface area contributed by atoms with E-state index < -0.39 is 4.92 Å². The molecule has 0 fully saturated rings. The molecule has 0 saturated carbocycles. The Morgan fingerprint density at radius 3 is 2.09 bits per heavy atom. The SMILES string of the molecule is [CH2]c1ccc([N+](=O)[O-])cc1.[Cu]. The molecule has 1 aromatic carbocycles. The van der Waals surface area contributed by atoms with E-state index in [-0.39, 0.29) is 22.8 Å². The number of benzene rings is 1. The molecule has 1 aromatic rings. The first-order valence-electron chi connectivity index (χ1n) is 2.76. The summed E-state index contributed by atoms with van der Waals surface area (Å²) in [4.78, 5) is 9.67. The van der Waals surface area contributed by atoms with Crippen LogP contribution in [-0.2, 0) is 17.1 Å². The van der Waals surface area contributed by atoms with E-state index in [1.165, 1.54) is 12.1 Å². The second-order valence-corrected chi connectivity index (χ2v) is 1.92. The molecule has 0 heterocycles. The third kappa shape index (κ3) is 2.70. The van der Waals surface area contributed by atoms with Gasteiger partial charge in [-0.2, -0.15) is 0 Å². The predicted octanol–water partition coefficient (Wildman–Crippen LogP) is 1.77. The van der Waals surface area contributed by atoms with Gasteiger partial charge in [0.05, 0.1) is 4.92 Å². The molecule has 0 unspecified atom stereocenters. The van der Waals surface area contributed by atoms with Crippen molar-refractivity contribution in [3.8, 4) is 0 Å². The van der Waals surface area contributed by atoms with Crippen LogP contribution in [0.3, 0.4) is 0 Å². The average molecular weight is 200 g/mol. The molecule has 3 nitrogen and oxygen atoms in total. The van der Waals surface area contributed by atoms with Crippen LogP contribution in [0.4, 0.5) is 5.69 Å². The Bertz CT molecular complexity index is 245. The maximum Gasteiger partial charge on any atom is 0.269 e. The molecule has 0 bridgehead atoms. The summed E-state index contributed by atoms with van der Waals surface area (Å²) in [5.41, 5.74) is 0.887. The molecular weight excluding hydrogens is 194 g/mol. The molecule has 4 heteroatoms. The largest absolute Gasteiger partial charge is 0.269 e. The number of rotatable bonds is 1. The Kier molecular flexibility index (Phi) is 3.79. The minimum absolute atomic E-state index is 0. The maximum absolute atomic E-state index is 10.1. The standard InChI is InChI=1S/C7H6NO2.Cu/c1-6-2-4-7(5-3-6)8(9)10;/h2-5H,1H2;. The molecule has 0 aromatic heterocycles. The van der Waals surface area contributed by atoms with Crippen molar-refractivity contribution in [3.63, 3.8) is 0 Å². The number of nitrogens with zero attached hydrogens (tertiary/aromatic N) is 1. The van der Waals surface area contributed by atoms with Gasteiger partial charge in [-0.15, -0.1) is 0 Å². The first-order chi connectivity index (χ1) is 4.70. The molecule has 2 radical (unpaired) electrons. The molecule has 0 aliphatic heterocycles. The van der Waals surface area contributed by atoms with Crippen LogP contribution >= 0.6 is 0 Å². The third-order valence-electron chi connectivity index (χ3n) is 1.15. The summed E-state index contributed by atoms with van der Waals surface area (Å²) in [6.45, 7) is 3.60. The van der Waals surface area contributed by atoms with Gasteiger partial charge in [-0.25, -0.2) is 0 Å². The van der Waals surface area contributed by atoms with Gasteiger partial charge in [0.15, 0.2) is 0 Å². The molecule has 0 atom stereocenters. The zero-order valence-electron chi connectivity index (χ0n) is 5.58. The molecule has 62 valence electrons. The predicted molar refractivity (Wildman–Crippen MR) is 37.6 cm³/mol. The number of nitro benzene ring substituents is 1. The van der Waals surface area contributed by atoms with Crippen molar-refractivity contribution in [2.45, 2.75) is 0 Å². The fourth-order valence-electron chi connectivity index (χ4n) is 0.618. The summed E-state index contributed by atoms with van der Waals surface area (Å²) < 4.78 is 0. The zero-order chi connectivity index (χ0) is 7.56. The summed E-state index contributed by atoms with van der Waals surface area (Å²) in [7, 11) is 0. The number of nitro groups is 1. The molecule has 0 N–H and O–H groups in total. The van der Waals surface area contributed by atoms with Crippen molar-refractivity contribution in [2.24, 2.45) is 0 Å². The van der Waals surface area contributed by atoms with E-state index in [1.54, 1.807) is 12.1 Å². The number of hydrogen-bond acceptors (Lipinski definition) is 2. The number of non-ortho nitro benzene ring substituents is 1. The van der Waals surface area contributed by atoms with Crippen LogP contribution < -0.4 is 0 Å². The van der Waals surface area contributed by atoms with Crippen molar-refractivity contribution >= 4 is 5.69 Å². The minimum Gasteiger partial charge on any atom is -0.258 e. The monoisotopic (exact) mass is 199 g/mol. The Hall–Kier alpha value is -0.861. The van der Waals surface area contributed by atoms with Crippen LogP contribution in [0.1, 0.15) is 5.56 Å². The third-order valence-corrected chi connectivity index (χ3v) is 1.15. The Morgan fingerprint density at radius 1 is 1.27 bits per heavy atom. The van der Waals surface area contributed by atoms with Crippen molar-refractivity contribution in [1.82, 2.24) is 0 Å². The first-order valence-corrected chi connectivity index (χ1v) is 2.76. The van der Waals surface area contributed by atoms with Crippen LogP contribution in [0.5, 0.6) is 0 Å². The van der Waals surface area contributed by atoms with Gasteiger partial charge in [0.1, 0.15) is 0 Å². The maximum atomic E-state index is 10.1. The quantitative estimate of drug-likeness (QED) is 0.393. The second kappa shape index (κ2) is 4.11. The summed E-state index contributed by atoms with van der Waals surface area (Å²) in [6, 6.07) is 6.08. The molecular formula is C7H6CuNO2. The normalized spacial score (nSPS) is 8.45. The van der Waals surface area contributed by atoms with E-state index >= 15 is 0 Å². The molecule has 11 heavy (non-hydrogen) atoms. The second-order valence-electron chi connectivity index (χ2n) is 1.92. The van der Waals surface area contributed by atoms with Gasteiger partial charge in [-0.1, -0.05) is 12.1 Å². The van der Waals surface area contributed by atoms with E-state index in [9.17, 15) is 10.1 Å². The van der Waals surface area contributed by atoms with Crippen LogP contribution in [0.2, 0.25) is 0 Å². The van der Waals surface area contributed by atoms with Crippen LogP contribution in [0, 0.1) is 17.0 Å². The first kappa shape index (κ1) is 10.1. The van der Waals surface area contributed by atoms with E-state index in [0.29, 0.717) is 0 Å². The topological polar surface area (TPSA) is 43.1 Å². The van der Waals surface area contributed by atoms with E-state index in [2.05, 4.69) is 6.92 Å². The zero-order valence-corrected chi connectivity index (χ0v) is 6.52. The van der Waals surface area contributed by atoms with Crippen molar-refractivity contribution < 1.29 is 22.0 Å². The molecule has 0 aliphatic rings. The van der Waals surface area contributed by atoms with Gasteiger partial charge >= 0.3 is 0 Å². The fourth-order valence-corrected chi connectivity index (χ4v) is 0.618. The Labute approximate surface area is 75.0 Å².